The van der Waals surface area contributed by atoms with Crippen LogP contribution >= 0.6 is 0 Å². The van der Waals surface area contributed by atoms with E-state index in [2.05, 4.69) is 10.2 Å². The summed E-state index contributed by atoms with van der Waals surface area (Å²) in [5, 5.41) is 3.31. The summed E-state index contributed by atoms with van der Waals surface area (Å²) in [5.41, 5.74) is 0. The number of piperidine rings is 1. The van der Waals surface area contributed by atoms with Gasteiger partial charge in [-0.1, -0.05) is 0 Å². The highest BCUT2D eigenvalue weighted by atomic mass is 16.5. The fraction of sp³-hybridized carbons (Fsp3) is 0.933. The molecule has 0 aromatic heterocycles. The van der Waals surface area contributed by atoms with E-state index >= 15 is 0 Å². The van der Waals surface area contributed by atoms with Crippen molar-refractivity contribution in [2.75, 3.05) is 39.5 Å². The van der Waals surface area contributed by atoms with Gasteiger partial charge in [0.2, 0.25) is 5.91 Å². The second-order valence-electron chi connectivity index (χ2n) is 6.27. The monoisotopic (exact) mass is 282 g/mol. The number of rotatable bonds is 6. The zero-order chi connectivity index (χ0) is 13.8. The summed E-state index contributed by atoms with van der Waals surface area (Å²) in [5.74, 6) is 0.705. The molecule has 114 valence electrons. The van der Waals surface area contributed by atoms with E-state index in [1.807, 2.05) is 0 Å². The molecule has 3 fully saturated rings. The van der Waals surface area contributed by atoms with Crippen molar-refractivity contribution in [2.45, 2.75) is 44.2 Å². The standard InChI is InChI=1S/C15H26N2O3/c18-15(11-20-14-3-6-16-7-4-14)17(13-1-2-13)9-12-5-8-19-10-12/h12-14,16H,1-11H2. The highest BCUT2D eigenvalue weighted by Crippen LogP contribution is 2.29. The molecule has 1 aliphatic carbocycles. The van der Waals surface area contributed by atoms with Gasteiger partial charge < -0.3 is 19.7 Å². The summed E-state index contributed by atoms with van der Waals surface area (Å²) in [6.45, 7) is 4.79. The average molecular weight is 282 g/mol. The second-order valence-corrected chi connectivity index (χ2v) is 6.27. The molecule has 0 bridgehead atoms. The highest BCUT2D eigenvalue weighted by molar-refractivity contribution is 5.78. The number of hydrogen-bond donors (Lipinski definition) is 1. The fourth-order valence-electron chi connectivity index (χ4n) is 3.08. The predicted octanol–water partition coefficient (Wildman–Crippen LogP) is 0.783. The minimum absolute atomic E-state index is 0.179. The molecule has 0 aromatic carbocycles. The number of carbonyl (C=O) groups is 1. The maximum atomic E-state index is 12.4. The molecule has 0 aromatic rings. The summed E-state index contributed by atoms with van der Waals surface area (Å²) in [6.07, 6.45) is 5.71. The molecular formula is C15H26N2O3. The van der Waals surface area contributed by atoms with Gasteiger partial charge in [0.1, 0.15) is 6.61 Å². The SMILES string of the molecule is O=C(COC1CCNCC1)N(CC1CCOC1)C1CC1. The highest BCUT2D eigenvalue weighted by Gasteiger charge is 2.34. The predicted molar refractivity (Wildman–Crippen MR) is 75.5 cm³/mol. The van der Waals surface area contributed by atoms with Crippen LogP contribution in [-0.4, -0.2) is 62.4 Å². The van der Waals surface area contributed by atoms with Crippen molar-refractivity contribution in [2.24, 2.45) is 5.92 Å². The second kappa shape index (κ2) is 6.87. The van der Waals surface area contributed by atoms with Gasteiger partial charge in [-0.05, 0) is 45.2 Å². The molecule has 5 nitrogen and oxygen atoms in total. The number of hydrogen-bond acceptors (Lipinski definition) is 4. The van der Waals surface area contributed by atoms with Crippen LogP contribution in [0.25, 0.3) is 0 Å². The molecule has 1 N–H and O–H groups in total. The number of amides is 1. The summed E-state index contributed by atoms with van der Waals surface area (Å²) < 4.78 is 11.2. The lowest BCUT2D eigenvalue weighted by Gasteiger charge is -2.27. The first kappa shape index (κ1) is 14.3. The van der Waals surface area contributed by atoms with Gasteiger partial charge in [0.25, 0.3) is 0 Å². The van der Waals surface area contributed by atoms with Gasteiger partial charge in [-0.2, -0.15) is 0 Å². The maximum Gasteiger partial charge on any atom is 0.248 e. The normalized spacial score (nSPS) is 27.7. The molecule has 1 unspecified atom stereocenters. The van der Waals surface area contributed by atoms with E-state index < -0.39 is 0 Å². The summed E-state index contributed by atoms with van der Waals surface area (Å²) in [4.78, 5) is 14.5. The molecule has 5 heteroatoms. The Bertz CT molecular complexity index is 321. The minimum atomic E-state index is 0.179. The Morgan fingerprint density at radius 3 is 2.65 bits per heavy atom. The van der Waals surface area contributed by atoms with E-state index in [1.54, 1.807) is 0 Å². The number of ether oxygens (including phenoxy) is 2. The van der Waals surface area contributed by atoms with E-state index in [-0.39, 0.29) is 18.6 Å². The smallest absolute Gasteiger partial charge is 0.248 e. The first-order valence-electron chi connectivity index (χ1n) is 8.02. The average Bonchev–Trinajstić information content (AvgIpc) is 3.20. The summed E-state index contributed by atoms with van der Waals surface area (Å²) >= 11 is 0. The molecule has 2 saturated heterocycles. The Labute approximate surface area is 121 Å². The zero-order valence-electron chi connectivity index (χ0n) is 12.2. The van der Waals surface area contributed by atoms with Gasteiger partial charge in [-0.15, -0.1) is 0 Å². The number of nitrogens with one attached hydrogen (secondary N) is 1. The molecule has 2 aliphatic heterocycles. The lowest BCUT2D eigenvalue weighted by molar-refractivity contribution is -0.140. The topological polar surface area (TPSA) is 50.8 Å². The quantitative estimate of drug-likeness (QED) is 0.782. The van der Waals surface area contributed by atoms with Gasteiger partial charge in [-0.3, -0.25) is 4.79 Å². The van der Waals surface area contributed by atoms with E-state index in [9.17, 15) is 4.79 Å². The molecule has 20 heavy (non-hydrogen) atoms. The maximum absolute atomic E-state index is 12.4. The van der Waals surface area contributed by atoms with Crippen LogP contribution in [0, 0.1) is 5.92 Å². The Morgan fingerprint density at radius 2 is 2.00 bits per heavy atom. The Morgan fingerprint density at radius 1 is 1.20 bits per heavy atom. The van der Waals surface area contributed by atoms with E-state index in [4.69, 9.17) is 9.47 Å². The van der Waals surface area contributed by atoms with E-state index in [0.29, 0.717) is 12.0 Å². The van der Waals surface area contributed by atoms with Crippen molar-refractivity contribution in [3.8, 4) is 0 Å². The van der Waals surface area contributed by atoms with Gasteiger partial charge in [0.05, 0.1) is 12.7 Å². The number of carbonyl (C=O) groups excluding carboxylic acids is 1. The van der Waals surface area contributed by atoms with Crippen LogP contribution in [0.1, 0.15) is 32.1 Å². The first-order chi connectivity index (χ1) is 9.83. The fourth-order valence-corrected chi connectivity index (χ4v) is 3.08. The van der Waals surface area contributed by atoms with Crippen LogP contribution in [0.5, 0.6) is 0 Å². The van der Waals surface area contributed by atoms with Gasteiger partial charge in [-0.25, -0.2) is 0 Å². The zero-order valence-corrected chi connectivity index (χ0v) is 12.2. The summed E-state index contributed by atoms with van der Waals surface area (Å²) in [6, 6.07) is 0.472. The van der Waals surface area contributed by atoms with Crippen molar-refractivity contribution >= 4 is 5.91 Å². The third-order valence-electron chi connectivity index (χ3n) is 4.52. The Balaban J connectivity index is 1.44. The molecule has 0 radical (unpaired) electrons. The van der Waals surface area contributed by atoms with Crippen LogP contribution in [0.15, 0.2) is 0 Å². The Kier molecular flexibility index (Phi) is 4.91. The molecule has 3 aliphatic rings. The number of nitrogens with zero attached hydrogens (tertiary/aromatic N) is 1. The van der Waals surface area contributed by atoms with Crippen LogP contribution in [0.3, 0.4) is 0 Å². The van der Waals surface area contributed by atoms with Crippen molar-refractivity contribution in [1.29, 1.82) is 0 Å². The van der Waals surface area contributed by atoms with Crippen molar-refractivity contribution in [3.05, 3.63) is 0 Å². The van der Waals surface area contributed by atoms with Gasteiger partial charge in [0.15, 0.2) is 0 Å². The van der Waals surface area contributed by atoms with Crippen molar-refractivity contribution in [3.63, 3.8) is 0 Å². The molecule has 0 spiro atoms. The van der Waals surface area contributed by atoms with Gasteiger partial charge in [0, 0.05) is 25.1 Å². The van der Waals surface area contributed by atoms with Crippen LogP contribution in [-0.2, 0) is 14.3 Å². The van der Waals surface area contributed by atoms with Gasteiger partial charge >= 0.3 is 0 Å². The minimum Gasteiger partial charge on any atom is -0.381 e. The van der Waals surface area contributed by atoms with Crippen molar-refractivity contribution < 1.29 is 14.3 Å². The van der Waals surface area contributed by atoms with Crippen molar-refractivity contribution in [1.82, 2.24) is 10.2 Å². The first-order valence-corrected chi connectivity index (χ1v) is 8.02. The van der Waals surface area contributed by atoms with Crippen LogP contribution < -0.4 is 5.32 Å². The molecule has 1 saturated carbocycles. The summed E-state index contributed by atoms with van der Waals surface area (Å²) in [7, 11) is 0. The Hall–Kier alpha value is -0.650. The van der Waals surface area contributed by atoms with E-state index in [1.165, 1.54) is 0 Å². The molecule has 1 atom stereocenters. The molecule has 2 heterocycles. The molecular weight excluding hydrogens is 256 g/mol. The molecule has 3 rings (SSSR count). The van der Waals surface area contributed by atoms with E-state index in [0.717, 1.165) is 65.0 Å². The lowest BCUT2D eigenvalue weighted by Crippen LogP contribution is -2.41. The van der Waals surface area contributed by atoms with Crippen LogP contribution in [0.4, 0.5) is 0 Å². The molecule has 1 amide bonds. The lowest BCUT2D eigenvalue weighted by atomic mass is 10.1. The van der Waals surface area contributed by atoms with Crippen LogP contribution in [0.2, 0.25) is 0 Å². The third-order valence-corrected chi connectivity index (χ3v) is 4.52. The largest absolute Gasteiger partial charge is 0.381 e. The third kappa shape index (κ3) is 3.93.